The number of nitrogens with one attached hydrogen (secondary N) is 1. The number of aromatic nitrogens is 2. The van der Waals surface area contributed by atoms with Crippen molar-refractivity contribution in [3.8, 4) is 5.75 Å². The van der Waals surface area contributed by atoms with Crippen LogP contribution >= 0.6 is 0 Å². The molecule has 1 aromatic heterocycles. The van der Waals surface area contributed by atoms with E-state index in [-0.39, 0.29) is 5.91 Å². The van der Waals surface area contributed by atoms with E-state index in [1.165, 1.54) is 5.69 Å². The number of amides is 1. The number of rotatable bonds is 6. The Kier molecular flexibility index (Phi) is 6.39. The van der Waals surface area contributed by atoms with Crippen molar-refractivity contribution < 1.29 is 9.53 Å². The van der Waals surface area contributed by atoms with Gasteiger partial charge in [0.2, 0.25) is 0 Å². The molecule has 0 saturated carbocycles. The molecule has 0 radical (unpaired) electrons. The molecule has 0 unspecified atom stereocenters. The fourth-order valence-electron chi connectivity index (χ4n) is 4.56. The van der Waals surface area contributed by atoms with Crippen molar-refractivity contribution in [2.45, 2.75) is 45.3 Å². The zero-order valence-corrected chi connectivity index (χ0v) is 18.4. The summed E-state index contributed by atoms with van der Waals surface area (Å²) >= 11 is 0. The number of methoxy groups -OCH3 is 1. The van der Waals surface area contributed by atoms with Gasteiger partial charge in [-0.15, -0.1) is 0 Å². The summed E-state index contributed by atoms with van der Waals surface area (Å²) in [7, 11) is 3.81. The summed E-state index contributed by atoms with van der Waals surface area (Å²) in [6.45, 7) is 7.06. The lowest BCUT2D eigenvalue weighted by Gasteiger charge is -2.32. The van der Waals surface area contributed by atoms with Gasteiger partial charge in [0.15, 0.2) is 5.69 Å². The molecule has 30 heavy (non-hydrogen) atoms. The summed E-state index contributed by atoms with van der Waals surface area (Å²) in [5.41, 5.74) is 4.21. The maximum atomic E-state index is 13.3. The van der Waals surface area contributed by atoms with E-state index < -0.39 is 0 Å². The van der Waals surface area contributed by atoms with Crippen LogP contribution in [0.25, 0.3) is 0 Å². The van der Waals surface area contributed by atoms with Crippen LogP contribution in [0.1, 0.15) is 40.7 Å². The van der Waals surface area contributed by atoms with Gasteiger partial charge >= 0.3 is 0 Å². The number of para-hydroxylation sites is 1. The van der Waals surface area contributed by atoms with Crippen molar-refractivity contribution in [1.29, 1.82) is 0 Å². The number of carbonyl (C=O) groups excluding carboxylic acids is 1. The van der Waals surface area contributed by atoms with Crippen LogP contribution in [-0.4, -0.2) is 71.9 Å². The number of carbonyl (C=O) groups is 1. The number of benzene rings is 1. The highest BCUT2D eigenvalue weighted by Gasteiger charge is 2.31. The molecule has 1 aliphatic heterocycles. The number of ether oxygens (including phenoxy) is 1. The zero-order valence-electron chi connectivity index (χ0n) is 18.4. The highest BCUT2D eigenvalue weighted by atomic mass is 16.5. The number of aryl methyl sites for hydroxylation is 1. The van der Waals surface area contributed by atoms with E-state index in [4.69, 9.17) is 9.84 Å². The molecular weight excluding hydrogens is 378 g/mol. The number of fused-ring (bicyclic) bond motifs is 1. The Bertz CT molecular complexity index is 886. The topological polar surface area (TPSA) is 62.6 Å². The average Bonchev–Trinajstić information content (AvgIpc) is 3.16. The first kappa shape index (κ1) is 20.9. The molecule has 1 aliphatic carbocycles. The minimum atomic E-state index is 0.0944. The predicted octanol–water partition coefficient (Wildman–Crippen LogP) is 1.95. The van der Waals surface area contributed by atoms with Gasteiger partial charge in [-0.3, -0.25) is 9.48 Å². The minimum absolute atomic E-state index is 0.0944. The largest absolute Gasteiger partial charge is 0.496 e. The van der Waals surface area contributed by atoms with E-state index in [0.29, 0.717) is 11.7 Å². The molecular formula is C23H33N5O2. The van der Waals surface area contributed by atoms with E-state index in [9.17, 15) is 4.79 Å². The molecule has 1 fully saturated rings. The molecule has 162 valence electrons. The summed E-state index contributed by atoms with van der Waals surface area (Å²) in [5.74, 6) is 1.00. The summed E-state index contributed by atoms with van der Waals surface area (Å²) in [5, 5.41) is 8.43. The number of nitrogens with zero attached hydrogens (tertiary/aromatic N) is 4. The van der Waals surface area contributed by atoms with Crippen LogP contribution in [0.15, 0.2) is 24.3 Å². The van der Waals surface area contributed by atoms with E-state index in [1.807, 2.05) is 27.8 Å². The molecule has 1 saturated heterocycles. The second kappa shape index (κ2) is 9.18. The highest BCUT2D eigenvalue weighted by Crippen LogP contribution is 2.27. The van der Waals surface area contributed by atoms with E-state index in [0.717, 1.165) is 75.4 Å². The monoisotopic (exact) mass is 411 g/mol. The third kappa shape index (κ3) is 4.23. The van der Waals surface area contributed by atoms with Crippen LogP contribution in [0.2, 0.25) is 0 Å². The molecule has 4 rings (SSSR count). The molecule has 1 amide bonds. The van der Waals surface area contributed by atoms with Gasteiger partial charge in [0.25, 0.3) is 5.91 Å². The van der Waals surface area contributed by atoms with E-state index >= 15 is 0 Å². The lowest BCUT2D eigenvalue weighted by atomic mass is 9.90. The number of piperazine rings is 1. The third-order valence-corrected chi connectivity index (χ3v) is 6.41. The smallest absolute Gasteiger partial charge is 0.274 e. The molecule has 0 spiro atoms. The van der Waals surface area contributed by atoms with Gasteiger partial charge in [0.05, 0.1) is 7.11 Å². The fourth-order valence-corrected chi connectivity index (χ4v) is 4.56. The normalized spacial score (nSPS) is 19.6. The van der Waals surface area contributed by atoms with Gasteiger partial charge in [-0.2, -0.15) is 5.10 Å². The van der Waals surface area contributed by atoms with Crippen molar-refractivity contribution in [3.63, 3.8) is 0 Å². The number of hydrogen-bond donors (Lipinski definition) is 1. The van der Waals surface area contributed by atoms with Crippen LogP contribution in [0.4, 0.5) is 0 Å². The van der Waals surface area contributed by atoms with Crippen molar-refractivity contribution in [2.24, 2.45) is 0 Å². The summed E-state index contributed by atoms with van der Waals surface area (Å²) in [6.07, 6.45) is 2.85. The van der Waals surface area contributed by atoms with Crippen LogP contribution < -0.4 is 10.1 Å². The molecule has 2 aromatic rings. The van der Waals surface area contributed by atoms with Crippen molar-refractivity contribution in [2.75, 3.05) is 40.3 Å². The van der Waals surface area contributed by atoms with Gasteiger partial charge in [0.1, 0.15) is 5.75 Å². The van der Waals surface area contributed by atoms with Gasteiger partial charge < -0.3 is 19.9 Å². The molecule has 0 bridgehead atoms. The third-order valence-electron chi connectivity index (χ3n) is 6.41. The van der Waals surface area contributed by atoms with Crippen LogP contribution in [-0.2, 0) is 25.9 Å². The van der Waals surface area contributed by atoms with E-state index in [1.54, 1.807) is 7.11 Å². The minimum Gasteiger partial charge on any atom is -0.496 e. The van der Waals surface area contributed by atoms with Crippen molar-refractivity contribution in [3.05, 3.63) is 46.8 Å². The second-order valence-electron chi connectivity index (χ2n) is 8.32. The lowest BCUT2D eigenvalue weighted by molar-refractivity contribution is 0.0656. The van der Waals surface area contributed by atoms with E-state index in [2.05, 4.69) is 30.3 Å². The Labute approximate surface area is 179 Å². The molecule has 1 N–H and O–H groups in total. The Hall–Kier alpha value is -2.38. The average molecular weight is 412 g/mol. The Morgan fingerprint density at radius 2 is 2.00 bits per heavy atom. The Morgan fingerprint density at radius 3 is 2.73 bits per heavy atom. The molecule has 1 aromatic carbocycles. The van der Waals surface area contributed by atoms with Gasteiger partial charge in [-0.1, -0.05) is 18.2 Å². The van der Waals surface area contributed by atoms with Gasteiger partial charge in [-0.25, -0.2) is 0 Å². The SMILES string of the molecule is CCn1nc(C(=O)N2CCN(C)CC2)c2c1CC[C@@H](NCc1ccccc1OC)C2. The maximum absolute atomic E-state index is 13.3. The van der Waals surface area contributed by atoms with Gasteiger partial charge in [0, 0.05) is 62.1 Å². The van der Waals surface area contributed by atoms with Crippen molar-refractivity contribution >= 4 is 5.91 Å². The summed E-state index contributed by atoms with van der Waals surface area (Å²) in [4.78, 5) is 17.5. The fraction of sp³-hybridized carbons (Fsp3) is 0.565. The quantitative estimate of drug-likeness (QED) is 0.787. The number of likely N-dealkylation sites (N-methyl/N-ethyl adjacent to an activating group) is 1. The molecule has 2 aliphatic rings. The molecule has 7 nitrogen and oxygen atoms in total. The highest BCUT2D eigenvalue weighted by molar-refractivity contribution is 5.94. The molecule has 2 heterocycles. The standard InChI is InChI=1S/C23H33N5O2/c1-4-28-20-10-9-18(24-16-17-7-5-6-8-21(17)30-3)15-19(20)22(25-28)23(29)27-13-11-26(2)12-14-27/h5-8,18,24H,4,9-16H2,1-3H3/t18-/m1/s1. The Morgan fingerprint density at radius 1 is 1.23 bits per heavy atom. The van der Waals surface area contributed by atoms with Gasteiger partial charge in [-0.05, 0) is 39.3 Å². The first-order valence-electron chi connectivity index (χ1n) is 11.0. The van der Waals surface area contributed by atoms with Crippen LogP contribution in [0.3, 0.4) is 0 Å². The first-order valence-corrected chi connectivity index (χ1v) is 11.0. The second-order valence-corrected chi connectivity index (χ2v) is 8.32. The predicted molar refractivity (Wildman–Crippen MR) is 117 cm³/mol. The summed E-state index contributed by atoms with van der Waals surface area (Å²) < 4.78 is 7.51. The lowest BCUT2D eigenvalue weighted by Crippen LogP contribution is -2.47. The zero-order chi connectivity index (χ0) is 21.1. The molecule has 7 heteroatoms. The molecule has 1 atom stereocenters. The van der Waals surface area contributed by atoms with Crippen molar-refractivity contribution in [1.82, 2.24) is 24.9 Å². The number of hydrogen-bond acceptors (Lipinski definition) is 5. The summed E-state index contributed by atoms with van der Waals surface area (Å²) in [6, 6.07) is 8.45. The maximum Gasteiger partial charge on any atom is 0.274 e. The van der Waals surface area contributed by atoms with Crippen LogP contribution in [0.5, 0.6) is 5.75 Å². The first-order chi connectivity index (χ1) is 14.6. The Balaban J connectivity index is 1.49. The van der Waals surface area contributed by atoms with Crippen LogP contribution in [0, 0.1) is 0 Å².